The van der Waals surface area contributed by atoms with Crippen LogP contribution in [0.3, 0.4) is 0 Å². The molecule has 130 valence electrons. The zero-order chi connectivity index (χ0) is 17.2. The fraction of sp³-hybridized carbons (Fsp3) is 0.529. The summed E-state index contributed by atoms with van der Waals surface area (Å²) in [5, 5.41) is 0. The predicted molar refractivity (Wildman–Crippen MR) is 87.1 cm³/mol. The smallest absolute Gasteiger partial charge is 0.338 e. The van der Waals surface area contributed by atoms with E-state index in [2.05, 4.69) is 0 Å². The fourth-order valence-electron chi connectivity index (χ4n) is 3.12. The van der Waals surface area contributed by atoms with Crippen LogP contribution in [-0.2, 0) is 19.6 Å². The third-order valence-corrected chi connectivity index (χ3v) is 6.45. The van der Waals surface area contributed by atoms with Crippen LogP contribution < -0.4 is 0 Å². The van der Waals surface area contributed by atoms with Gasteiger partial charge in [-0.1, -0.05) is 6.42 Å². The van der Waals surface area contributed by atoms with E-state index in [4.69, 9.17) is 4.74 Å². The summed E-state index contributed by atoms with van der Waals surface area (Å²) in [6.45, 7) is 1.08. The van der Waals surface area contributed by atoms with Gasteiger partial charge in [-0.25, -0.2) is 13.2 Å². The molecular formula is C17H21NO5S. The first-order chi connectivity index (χ1) is 11.5. The third kappa shape index (κ3) is 3.52. The molecule has 1 atom stereocenters. The van der Waals surface area contributed by atoms with Crippen LogP contribution in [0, 0.1) is 0 Å². The molecule has 0 aromatic heterocycles. The second kappa shape index (κ2) is 7.03. The van der Waals surface area contributed by atoms with E-state index in [0.717, 1.165) is 25.7 Å². The molecule has 7 heteroatoms. The number of piperidine rings is 1. The van der Waals surface area contributed by atoms with Crippen molar-refractivity contribution < 1.29 is 22.7 Å². The van der Waals surface area contributed by atoms with Crippen LogP contribution in [0.15, 0.2) is 29.2 Å². The quantitative estimate of drug-likeness (QED) is 0.777. The highest BCUT2D eigenvalue weighted by atomic mass is 32.2. The molecule has 1 heterocycles. The summed E-state index contributed by atoms with van der Waals surface area (Å²) in [5.41, 5.74) is 0.257. The Hall–Kier alpha value is -1.73. The van der Waals surface area contributed by atoms with Crippen LogP contribution in [0.25, 0.3) is 0 Å². The van der Waals surface area contributed by atoms with Gasteiger partial charge in [-0.05, 0) is 49.9 Å². The van der Waals surface area contributed by atoms with Crippen LogP contribution >= 0.6 is 0 Å². The van der Waals surface area contributed by atoms with Crippen LogP contribution in [0.5, 0.6) is 0 Å². The summed E-state index contributed by atoms with van der Waals surface area (Å²) < 4.78 is 31.8. The van der Waals surface area contributed by atoms with Crippen molar-refractivity contribution in [1.29, 1.82) is 0 Å². The number of hydrogen-bond donors (Lipinski definition) is 0. The fourth-order valence-corrected chi connectivity index (χ4v) is 4.64. The van der Waals surface area contributed by atoms with Gasteiger partial charge in [-0.15, -0.1) is 0 Å². The van der Waals surface area contributed by atoms with Gasteiger partial charge in [0, 0.05) is 19.5 Å². The highest BCUT2D eigenvalue weighted by Crippen LogP contribution is 2.22. The maximum atomic E-state index is 12.6. The van der Waals surface area contributed by atoms with E-state index in [0.29, 0.717) is 25.9 Å². The second-order valence-corrected chi connectivity index (χ2v) is 8.18. The van der Waals surface area contributed by atoms with Gasteiger partial charge >= 0.3 is 5.97 Å². The summed E-state index contributed by atoms with van der Waals surface area (Å²) in [7, 11) is -3.51. The highest BCUT2D eigenvalue weighted by Gasteiger charge is 2.29. The van der Waals surface area contributed by atoms with E-state index in [1.54, 1.807) is 0 Å². The Morgan fingerprint density at radius 1 is 1.04 bits per heavy atom. The van der Waals surface area contributed by atoms with E-state index >= 15 is 0 Å². The number of nitrogens with zero attached hydrogens (tertiary/aromatic N) is 1. The Kier molecular flexibility index (Phi) is 5.01. The minimum absolute atomic E-state index is 0.0485. The summed E-state index contributed by atoms with van der Waals surface area (Å²) in [5.74, 6) is -0.634. The predicted octanol–water partition coefficient (Wildman–Crippen LogP) is 2.14. The Labute approximate surface area is 141 Å². The van der Waals surface area contributed by atoms with Gasteiger partial charge in [-0.2, -0.15) is 4.31 Å². The van der Waals surface area contributed by atoms with Crippen molar-refractivity contribution in [2.24, 2.45) is 0 Å². The normalized spacial score (nSPS) is 22.5. The van der Waals surface area contributed by atoms with Crippen LogP contribution in [0.2, 0.25) is 0 Å². The van der Waals surface area contributed by atoms with Gasteiger partial charge in [0.2, 0.25) is 10.0 Å². The van der Waals surface area contributed by atoms with Crippen molar-refractivity contribution >= 4 is 21.8 Å². The molecule has 1 saturated heterocycles. The first-order valence-corrected chi connectivity index (χ1v) is 9.76. The van der Waals surface area contributed by atoms with E-state index in [9.17, 15) is 18.0 Å². The largest absolute Gasteiger partial charge is 0.451 e. The lowest BCUT2D eigenvalue weighted by atomic mass is 10.2. The number of esters is 1. The monoisotopic (exact) mass is 351 g/mol. The minimum Gasteiger partial charge on any atom is -0.451 e. The molecule has 0 bridgehead atoms. The van der Waals surface area contributed by atoms with Crippen LogP contribution in [0.4, 0.5) is 0 Å². The average Bonchev–Trinajstić information content (AvgIpc) is 3.00. The van der Waals surface area contributed by atoms with Crippen LogP contribution in [-0.4, -0.2) is 43.7 Å². The van der Waals surface area contributed by atoms with Crippen molar-refractivity contribution in [3.05, 3.63) is 29.8 Å². The average molecular weight is 351 g/mol. The van der Waals surface area contributed by atoms with E-state index in [-0.39, 0.29) is 16.2 Å². The van der Waals surface area contributed by atoms with Crippen molar-refractivity contribution in [3.8, 4) is 0 Å². The topological polar surface area (TPSA) is 80.8 Å². The van der Waals surface area contributed by atoms with Crippen molar-refractivity contribution in [2.45, 2.75) is 49.5 Å². The number of rotatable bonds is 4. The number of ether oxygens (including phenoxy) is 1. The Morgan fingerprint density at radius 3 is 2.29 bits per heavy atom. The number of ketones is 1. The molecule has 2 aliphatic rings. The Balaban J connectivity index is 1.70. The molecule has 0 radical (unpaired) electrons. The van der Waals surface area contributed by atoms with E-state index in [1.165, 1.54) is 28.6 Å². The number of sulfonamides is 1. The summed E-state index contributed by atoms with van der Waals surface area (Å²) in [6.07, 6.45) is 3.89. The zero-order valence-electron chi connectivity index (χ0n) is 13.4. The molecule has 0 spiro atoms. The number of hydrogen-bond acceptors (Lipinski definition) is 5. The van der Waals surface area contributed by atoms with Gasteiger partial charge in [0.15, 0.2) is 11.9 Å². The molecule has 24 heavy (non-hydrogen) atoms. The molecular weight excluding hydrogens is 330 g/mol. The van der Waals surface area contributed by atoms with Gasteiger partial charge in [0.05, 0.1) is 10.5 Å². The lowest BCUT2D eigenvalue weighted by Gasteiger charge is -2.25. The van der Waals surface area contributed by atoms with Crippen molar-refractivity contribution in [1.82, 2.24) is 4.31 Å². The zero-order valence-corrected chi connectivity index (χ0v) is 14.3. The SMILES string of the molecule is O=C(O[C@H]1CCCC1=O)c1ccc(S(=O)(=O)N2CCCCC2)cc1. The summed E-state index contributed by atoms with van der Waals surface area (Å²) >= 11 is 0. The number of Topliss-reactive ketones (excluding diaryl/α,β-unsaturated/α-hetero) is 1. The first kappa shape index (κ1) is 17.1. The van der Waals surface area contributed by atoms with Crippen LogP contribution in [0.1, 0.15) is 48.9 Å². The van der Waals surface area contributed by atoms with Gasteiger partial charge < -0.3 is 4.74 Å². The molecule has 2 fully saturated rings. The molecule has 1 aliphatic heterocycles. The molecule has 3 rings (SSSR count). The molecule has 1 saturated carbocycles. The lowest BCUT2D eigenvalue weighted by molar-refractivity contribution is -0.124. The molecule has 6 nitrogen and oxygen atoms in total. The summed E-state index contributed by atoms with van der Waals surface area (Å²) in [4.78, 5) is 23.8. The maximum absolute atomic E-state index is 12.6. The maximum Gasteiger partial charge on any atom is 0.338 e. The number of benzene rings is 1. The molecule has 0 N–H and O–H groups in total. The van der Waals surface area contributed by atoms with Crippen molar-refractivity contribution in [3.63, 3.8) is 0 Å². The lowest BCUT2D eigenvalue weighted by Crippen LogP contribution is -2.35. The Morgan fingerprint density at radius 2 is 1.71 bits per heavy atom. The van der Waals surface area contributed by atoms with Crippen molar-refractivity contribution in [2.75, 3.05) is 13.1 Å². The standard InChI is InChI=1S/C17H21NO5S/c19-15-5-4-6-16(15)23-17(20)13-7-9-14(10-8-13)24(21,22)18-11-2-1-3-12-18/h7-10,16H,1-6,11-12H2/t16-/m0/s1. The summed E-state index contributed by atoms with van der Waals surface area (Å²) in [6, 6.07) is 5.74. The third-order valence-electron chi connectivity index (χ3n) is 4.54. The van der Waals surface area contributed by atoms with E-state index < -0.39 is 22.1 Å². The second-order valence-electron chi connectivity index (χ2n) is 6.24. The van der Waals surface area contributed by atoms with E-state index in [1.807, 2.05) is 0 Å². The molecule has 1 aliphatic carbocycles. The molecule has 0 amide bonds. The molecule has 0 unspecified atom stereocenters. The molecule has 1 aromatic carbocycles. The first-order valence-electron chi connectivity index (χ1n) is 8.32. The van der Waals surface area contributed by atoms with Gasteiger partial charge in [0.1, 0.15) is 0 Å². The van der Waals surface area contributed by atoms with Gasteiger partial charge in [-0.3, -0.25) is 4.79 Å². The Bertz CT molecular complexity index is 720. The number of carbonyl (C=O) groups excluding carboxylic acids is 2. The minimum atomic E-state index is -3.51. The highest BCUT2D eigenvalue weighted by molar-refractivity contribution is 7.89. The number of carbonyl (C=O) groups is 2. The van der Waals surface area contributed by atoms with Gasteiger partial charge in [0.25, 0.3) is 0 Å². The molecule has 1 aromatic rings.